The second-order valence-corrected chi connectivity index (χ2v) is 7.85. The Balaban J connectivity index is 1.54. The smallest absolute Gasteiger partial charge is 0.416 e. The Kier molecular flexibility index (Phi) is 6.34. The summed E-state index contributed by atoms with van der Waals surface area (Å²) in [7, 11) is 0. The maximum absolute atomic E-state index is 13.0. The van der Waals surface area contributed by atoms with Crippen molar-refractivity contribution in [2.24, 2.45) is 5.10 Å². The van der Waals surface area contributed by atoms with Gasteiger partial charge in [0.15, 0.2) is 5.11 Å². The molecule has 4 rings (SSSR count). The van der Waals surface area contributed by atoms with Gasteiger partial charge in [0, 0.05) is 12.0 Å². The summed E-state index contributed by atoms with van der Waals surface area (Å²) in [5, 5.41) is 7.21. The maximum Gasteiger partial charge on any atom is 0.416 e. The zero-order chi connectivity index (χ0) is 22.7. The molecule has 4 nitrogen and oxygen atoms in total. The summed E-state index contributed by atoms with van der Waals surface area (Å²) in [5.74, 6) is 0.688. The zero-order valence-corrected chi connectivity index (χ0v) is 18.1. The average molecular weight is 476 g/mol. The van der Waals surface area contributed by atoms with Crippen LogP contribution in [0.2, 0.25) is 5.02 Å². The number of hydrazone groups is 1. The van der Waals surface area contributed by atoms with E-state index in [-0.39, 0.29) is 21.9 Å². The topological polar surface area (TPSA) is 45.7 Å². The van der Waals surface area contributed by atoms with Crippen molar-refractivity contribution < 1.29 is 17.9 Å². The lowest BCUT2D eigenvalue weighted by Crippen LogP contribution is -2.28. The molecule has 0 fully saturated rings. The van der Waals surface area contributed by atoms with E-state index in [9.17, 15) is 13.2 Å². The van der Waals surface area contributed by atoms with Gasteiger partial charge in [-0.2, -0.15) is 18.3 Å². The third-order valence-corrected chi connectivity index (χ3v) is 5.37. The van der Waals surface area contributed by atoms with Gasteiger partial charge in [-0.15, -0.1) is 0 Å². The summed E-state index contributed by atoms with van der Waals surface area (Å²) in [4.78, 5) is 0. The Hall–Kier alpha value is -3.10. The number of hydrogen-bond donors (Lipinski definition) is 2. The molecule has 0 aromatic heterocycles. The minimum Gasteiger partial charge on any atom is -0.485 e. The molecule has 3 aromatic carbocycles. The van der Waals surface area contributed by atoms with Gasteiger partial charge < -0.3 is 10.1 Å². The summed E-state index contributed by atoms with van der Waals surface area (Å²) in [5.41, 5.74) is 4.44. The van der Waals surface area contributed by atoms with Gasteiger partial charge in [-0.25, -0.2) is 0 Å². The Labute approximate surface area is 193 Å². The van der Waals surface area contributed by atoms with Gasteiger partial charge >= 0.3 is 6.18 Å². The van der Waals surface area contributed by atoms with E-state index in [1.165, 1.54) is 6.07 Å². The van der Waals surface area contributed by atoms with Crippen molar-refractivity contribution in [2.45, 2.75) is 18.7 Å². The van der Waals surface area contributed by atoms with Crippen molar-refractivity contribution in [1.82, 2.24) is 5.43 Å². The molecule has 1 heterocycles. The molecule has 0 amide bonds. The molecule has 0 bridgehead atoms. The van der Waals surface area contributed by atoms with Gasteiger partial charge in [-0.1, -0.05) is 54.1 Å². The van der Waals surface area contributed by atoms with Crippen LogP contribution < -0.4 is 15.5 Å². The summed E-state index contributed by atoms with van der Waals surface area (Å²) >= 11 is 11.2. The number of thiocarbonyl (C=S) groups is 1. The molecule has 1 atom stereocenters. The Morgan fingerprint density at radius 2 is 1.75 bits per heavy atom. The van der Waals surface area contributed by atoms with Gasteiger partial charge in [-0.05, 0) is 48.1 Å². The van der Waals surface area contributed by atoms with E-state index in [4.69, 9.17) is 28.6 Å². The highest BCUT2D eigenvalue weighted by atomic mass is 35.5. The molecule has 0 radical (unpaired) electrons. The molecule has 164 valence electrons. The zero-order valence-electron chi connectivity index (χ0n) is 16.5. The molecular weight excluding hydrogens is 459 g/mol. The Bertz CT molecular complexity index is 1170. The molecule has 1 aliphatic rings. The molecule has 1 unspecified atom stereocenters. The predicted molar refractivity (Wildman–Crippen MR) is 123 cm³/mol. The van der Waals surface area contributed by atoms with Gasteiger partial charge in [0.05, 0.1) is 22.0 Å². The number of nitrogens with one attached hydrogen (secondary N) is 2. The third kappa shape index (κ3) is 5.03. The highest BCUT2D eigenvalue weighted by Crippen LogP contribution is 2.35. The first-order valence-electron chi connectivity index (χ1n) is 9.62. The van der Waals surface area contributed by atoms with Crippen LogP contribution in [-0.4, -0.2) is 10.8 Å². The normalized spacial score (nSPS) is 16.8. The van der Waals surface area contributed by atoms with E-state index >= 15 is 0 Å². The largest absolute Gasteiger partial charge is 0.485 e. The molecule has 2 N–H and O–H groups in total. The minimum atomic E-state index is -4.49. The third-order valence-electron chi connectivity index (χ3n) is 4.85. The molecule has 32 heavy (non-hydrogen) atoms. The van der Waals surface area contributed by atoms with E-state index < -0.39 is 11.7 Å². The van der Waals surface area contributed by atoms with Gasteiger partial charge in [0.25, 0.3) is 0 Å². The van der Waals surface area contributed by atoms with Crippen molar-refractivity contribution in [3.05, 3.63) is 94.5 Å². The SMILES string of the molecule is FC(F)(F)c1ccc(Cl)c(NC(=S)NN=C2CC(c3ccccc3)Oc3ccccc32)c1. The lowest BCUT2D eigenvalue weighted by Gasteiger charge is -2.27. The molecule has 0 saturated heterocycles. The molecule has 9 heteroatoms. The second kappa shape index (κ2) is 9.18. The number of para-hydroxylation sites is 1. The van der Waals surface area contributed by atoms with E-state index in [1.54, 1.807) is 0 Å². The number of alkyl halides is 3. The van der Waals surface area contributed by atoms with Crippen LogP contribution in [0.1, 0.15) is 29.2 Å². The lowest BCUT2D eigenvalue weighted by atomic mass is 9.96. The molecular formula is C23H17ClF3N3OS. The predicted octanol–water partition coefficient (Wildman–Crippen LogP) is 6.57. The molecule has 1 aliphatic heterocycles. The van der Waals surface area contributed by atoms with Crippen LogP contribution in [0.15, 0.2) is 77.9 Å². The summed E-state index contributed by atoms with van der Waals surface area (Å²) in [6.07, 6.45) is -4.23. The highest BCUT2D eigenvalue weighted by Gasteiger charge is 2.31. The minimum absolute atomic E-state index is 0.0129. The molecule has 3 aromatic rings. The lowest BCUT2D eigenvalue weighted by molar-refractivity contribution is -0.137. The van der Waals surface area contributed by atoms with E-state index in [0.717, 1.165) is 23.3 Å². The van der Waals surface area contributed by atoms with Crippen LogP contribution in [0.25, 0.3) is 0 Å². The van der Waals surface area contributed by atoms with Crippen LogP contribution in [-0.2, 0) is 6.18 Å². The quantitative estimate of drug-likeness (QED) is 0.332. The van der Waals surface area contributed by atoms with Crippen molar-refractivity contribution in [1.29, 1.82) is 0 Å². The Morgan fingerprint density at radius 3 is 2.50 bits per heavy atom. The van der Waals surface area contributed by atoms with Crippen LogP contribution in [0.4, 0.5) is 18.9 Å². The monoisotopic (exact) mass is 475 g/mol. The standard InChI is InChI=1S/C23H17ClF3N3OS/c24-17-11-10-15(23(25,26)27)12-19(17)28-22(32)30-29-18-13-21(14-6-2-1-3-7-14)31-20-9-5-4-8-16(18)20/h1-12,21H,13H2,(H2,28,30,32). The molecule has 0 saturated carbocycles. The fraction of sp³-hybridized carbons (Fsp3) is 0.130. The fourth-order valence-corrected chi connectivity index (χ4v) is 3.63. The fourth-order valence-electron chi connectivity index (χ4n) is 3.31. The summed E-state index contributed by atoms with van der Waals surface area (Å²) < 4.78 is 45.1. The van der Waals surface area contributed by atoms with E-state index in [1.807, 2.05) is 54.6 Å². The first-order chi connectivity index (χ1) is 15.3. The number of halogens is 4. The number of ether oxygens (including phenoxy) is 1. The second-order valence-electron chi connectivity index (χ2n) is 7.03. The van der Waals surface area contributed by atoms with E-state index in [2.05, 4.69) is 15.8 Å². The van der Waals surface area contributed by atoms with Gasteiger partial charge in [-0.3, -0.25) is 5.43 Å². The number of rotatable bonds is 3. The number of fused-ring (bicyclic) bond motifs is 1. The molecule has 0 aliphatic carbocycles. The van der Waals surface area contributed by atoms with Crippen LogP contribution in [0.5, 0.6) is 5.75 Å². The number of benzene rings is 3. The van der Waals surface area contributed by atoms with Gasteiger partial charge in [0.2, 0.25) is 0 Å². The van der Waals surface area contributed by atoms with Gasteiger partial charge in [0.1, 0.15) is 11.9 Å². The van der Waals surface area contributed by atoms with Crippen LogP contribution >= 0.6 is 23.8 Å². The number of nitrogens with zero attached hydrogens (tertiary/aromatic N) is 1. The summed E-state index contributed by atoms with van der Waals surface area (Å²) in [6, 6.07) is 20.2. The highest BCUT2D eigenvalue weighted by molar-refractivity contribution is 7.80. The average Bonchev–Trinajstić information content (AvgIpc) is 2.78. The number of hydrogen-bond acceptors (Lipinski definition) is 3. The van der Waals surface area contributed by atoms with Crippen molar-refractivity contribution in [2.75, 3.05) is 5.32 Å². The Morgan fingerprint density at radius 1 is 1.03 bits per heavy atom. The maximum atomic E-state index is 13.0. The van der Waals surface area contributed by atoms with Crippen molar-refractivity contribution >= 4 is 40.3 Å². The van der Waals surface area contributed by atoms with E-state index in [0.29, 0.717) is 17.9 Å². The first kappa shape index (κ1) is 22.1. The number of anilines is 1. The first-order valence-corrected chi connectivity index (χ1v) is 10.4. The summed E-state index contributed by atoms with van der Waals surface area (Å²) in [6.45, 7) is 0. The van der Waals surface area contributed by atoms with Crippen molar-refractivity contribution in [3.63, 3.8) is 0 Å². The van der Waals surface area contributed by atoms with Crippen LogP contribution in [0, 0.1) is 0 Å². The van der Waals surface area contributed by atoms with Crippen LogP contribution in [0.3, 0.4) is 0 Å². The van der Waals surface area contributed by atoms with Crippen molar-refractivity contribution in [3.8, 4) is 5.75 Å². The molecule has 0 spiro atoms.